The molecule has 0 fully saturated rings. The van der Waals surface area contributed by atoms with Gasteiger partial charge in [-0.3, -0.25) is 14.8 Å². The lowest BCUT2D eigenvalue weighted by molar-refractivity contribution is 0.0706. The number of halogens is 1. The summed E-state index contributed by atoms with van der Waals surface area (Å²) in [5.41, 5.74) is 3.43. The summed E-state index contributed by atoms with van der Waals surface area (Å²) in [4.78, 5) is 24.0. The lowest BCUT2D eigenvalue weighted by atomic mass is 10.0. The highest BCUT2D eigenvalue weighted by Crippen LogP contribution is 2.20. The number of hydrogen-bond donors (Lipinski definition) is 3. The molecular formula is C20H17ClN2O3. The molecule has 0 spiro atoms. The summed E-state index contributed by atoms with van der Waals surface area (Å²) in [7, 11) is 0. The van der Waals surface area contributed by atoms with Crippen LogP contribution in [0.15, 0.2) is 60.7 Å². The van der Waals surface area contributed by atoms with Crippen LogP contribution in [-0.2, 0) is 0 Å². The largest absolute Gasteiger partial charge is 0.346 e. The van der Waals surface area contributed by atoms with Crippen LogP contribution in [0.4, 0.5) is 0 Å². The Kier molecular flexibility index (Phi) is 5.21. The molecule has 2 amide bonds. The van der Waals surface area contributed by atoms with Crippen LogP contribution in [-0.4, -0.2) is 17.0 Å². The van der Waals surface area contributed by atoms with E-state index in [4.69, 9.17) is 16.8 Å². The molecule has 0 aromatic heterocycles. The molecule has 0 aliphatic carbocycles. The van der Waals surface area contributed by atoms with E-state index >= 15 is 0 Å². The summed E-state index contributed by atoms with van der Waals surface area (Å²) in [5, 5.41) is 13.9. The number of fused-ring (bicyclic) bond motifs is 1. The molecule has 0 saturated heterocycles. The first-order valence-electron chi connectivity index (χ1n) is 8.02. The quantitative estimate of drug-likeness (QED) is 0.479. The highest BCUT2D eigenvalue weighted by atomic mass is 35.5. The van der Waals surface area contributed by atoms with Crippen molar-refractivity contribution in [2.24, 2.45) is 0 Å². The standard InChI is InChI=1S/C20H17ClN2O3/c1-12(13-6-8-18(21)9-7-13)22-19(24)16-4-2-15-11-17(20(25)23-26)5-3-14(15)10-16/h2-12,26H,1H3,(H,22,24)(H,23,25). The van der Waals surface area contributed by atoms with Crippen LogP contribution in [0.5, 0.6) is 0 Å². The Bertz CT molecular complexity index is 970. The maximum atomic E-state index is 12.5. The zero-order chi connectivity index (χ0) is 18.7. The summed E-state index contributed by atoms with van der Waals surface area (Å²) in [6.07, 6.45) is 0. The molecule has 0 saturated carbocycles. The lowest BCUT2D eigenvalue weighted by Crippen LogP contribution is -2.26. The van der Waals surface area contributed by atoms with Crippen molar-refractivity contribution < 1.29 is 14.8 Å². The second kappa shape index (κ2) is 7.56. The number of amides is 2. The molecule has 1 unspecified atom stereocenters. The second-order valence-electron chi connectivity index (χ2n) is 5.96. The van der Waals surface area contributed by atoms with E-state index in [2.05, 4.69) is 5.32 Å². The third-order valence-electron chi connectivity index (χ3n) is 4.18. The topological polar surface area (TPSA) is 78.4 Å². The van der Waals surface area contributed by atoms with Crippen molar-refractivity contribution in [3.63, 3.8) is 0 Å². The fraction of sp³-hybridized carbons (Fsp3) is 0.100. The third-order valence-corrected chi connectivity index (χ3v) is 4.44. The molecule has 0 heterocycles. The number of benzene rings is 3. The van der Waals surface area contributed by atoms with E-state index < -0.39 is 5.91 Å². The van der Waals surface area contributed by atoms with Gasteiger partial charge in [0.2, 0.25) is 0 Å². The van der Waals surface area contributed by atoms with E-state index in [-0.39, 0.29) is 11.9 Å². The van der Waals surface area contributed by atoms with Crippen LogP contribution >= 0.6 is 11.6 Å². The van der Waals surface area contributed by atoms with E-state index in [1.54, 1.807) is 54.0 Å². The number of nitrogens with one attached hydrogen (secondary N) is 2. The molecule has 26 heavy (non-hydrogen) atoms. The number of hydroxylamine groups is 1. The molecule has 0 bridgehead atoms. The Labute approximate surface area is 155 Å². The molecule has 0 radical (unpaired) electrons. The van der Waals surface area contributed by atoms with Gasteiger partial charge < -0.3 is 5.32 Å². The SMILES string of the molecule is CC(NC(=O)c1ccc2cc(C(=O)NO)ccc2c1)c1ccc(Cl)cc1. The van der Waals surface area contributed by atoms with Gasteiger partial charge in [0.15, 0.2) is 0 Å². The molecule has 1 atom stereocenters. The molecule has 132 valence electrons. The van der Waals surface area contributed by atoms with Gasteiger partial charge in [-0.05, 0) is 59.7 Å². The fourth-order valence-corrected chi connectivity index (χ4v) is 2.83. The minimum atomic E-state index is -0.578. The van der Waals surface area contributed by atoms with Crippen LogP contribution in [0.2, 0.25) is 5.02 Å². The number of hydrogen-bond acceptors (Lipinski definition) is 3. The molecule has 6 heteroatoms. The lowest BCUT2D eigenvalue weighted by Gasteiger charge is -2.15. The van der Waals surface area contributed by atoms with Crippen LogP contribution < -0.4 is 10.8 Å². The molecule has 3 N–H and O–H groups in total. The van der Waals surface area contributed by atoms with Gasteiger partial charge in [-0.2, -0.15) is 0 Å². The Morgan fingerprint density at radius 2 is 1.42 bits per heavy atom. The van der Waals surface area contributed by atoms with Crippen LogP contribution in [0.3, 0.4) is 0 Å². The minimum Gasteiger partial charge on any atom is -0.346 e. The van der Waals surface area contributed by atoms with Gasteiger partial charge in [0.05, 0.1) is 6.04 Å². The van der Waals surface area contributed by atoms with E-state index in [0.29, 0.717) is 16.1 Å². The number of carbonyl (C=O) groups is 2. The van der Waals surface area contributed by atoms with E-state index in [9.17, 15) is 9.59 Å². The predicted octanol–water partition coefficient (Wildman–Crippen LogP) is 4.10. The smallest absolute Gasteiger partial charge is 0.274 e. The van der Waals surface area contributed by atoms with Crippen molar-refractivity contribution in [1.29, 1.82) is 0 Å². The minimum absolute atomic E-state index is 0.161. The molecule has 0 aliphatic heterocycles. The third kappa shape index (κ3) is 3.85. The van der Waals surface area contributed by atoms with Gasteiger partial charge >= 0.3 is 0 Å². The van der Waals surface area contributed by atoms with Crippen molar-refractivity contribution in [2.75, 3.05) is 0 Å². The normalized spacial score (nSPS) is 11.8. The maximum absolute atomic E-state index is 12.5. The molecule has 0 aliphatic rings. The molecule has 3 rings (SSSR count). The Morgan fingerprint density at radius 1 is 0.885 bits per heavy atom. The van der Waals surface area contributed by atoms with Gasteiger partial charge in [0.1, 0.15) is 0 Å². The average Bonchev–Trinajstić information content (AvgIpc) is 2.66. The first kappa shape index (κ1) is 17.9. The summed E-state index contributed by atoms with van der Waals surface area (Å²) in [6, 6.07) is 17.4. The molecule has 3 aromatic carbocycles. The molecule has 5 nitrogen and oxygen atoms in total. The number of rotatable bonds is 4. The zero-order valence-corrected chi connectivity index (χ0v) is 14.7. The van der Waals surface area contributed by atoms with Crippen LogP contribution in [0, 0.1) is 0 Å². The summed E-state index contributed by atoms with van der Waals surface area (Å²) < 4.78 is 0. The van der Waals surface area contributed by atoms with Crippen molar-refractivity contribution in [3.8, 4) is 0 Å². The van der Waals surface area contributed by atoms with Crippen LogP contribution in [0.1, 0.15) is 39.2 Å². The van der Waals surface area contributed by atoms with Gasteiger partial charge in [-0.25, -0.2) is 5.48 Å². The maximum Gasteiger partial charge on any atom is 0.274 e. The summed E-state index contributed by atoms with van der Waals surface area (Å²) in [5.74, 6) is -0.767. The van der Waals surface area contributed by atoms with Gasteiger partial charge in [0.25, 0.3) is 11.8 Å². The predicted molar refractivity (Wildman–Crippen MR) is 101 cm³/mol. The Morgan fingerprint density at radius 3 is 1.96 bits per heavy atom. The average molecular weight is 369 g/mol. The highest BCUT2D eigenvalue weighted by Gasteiger charge is 2.12. The van der Waals surface area contributed by atoms with Crippen molar-refractivity contribution in [2.45, 2.75) is 13.0 Å². The molecule has 3 aromatic rings. The van der Waals surface area contributed by atoms with E-state index in [1.165, 1.54) is 0 Å². The van der Waals surface area contributed by atoms with Gasteiger partial charge in [-0.1, -0.05) is 35.9 Å². The van der Waals surface area contributed by atoms with E-state index in [1.807, 2.05) is 19.1 Å². The second-order valence-corrected chi connectivity index (χ2v) is 6.40. The Hall–Kier alpha value is -2.89. The first-order chi connectivity index (χ1) is 12.5. The van der Waals surface area contributed by atoms with Gasteiger partial charge in [-0.15, -0.1) is 0 Å². The fourth-order valence-electron chi connectivity index (χ4n) is 2.71. The molecular weight excluding hydrogens is 352 g/mol. The Balaban J connectivity index is 1.79. The monoisotopic (exact) mass is 368 g/mol. The first-order valence-corrected chi connectivity index (χ1v) is 8.40. The van der Waals surface area contributed by atoms with Crippen molar-refractivity contribution >= 4 is 34.2 Å². The zero-order valence-electron chi connectivity index (χ0n) is 14.0. The van der Waals surface area contributed by atoms with Gasteiger partial charge in [0, 0.05) is 16.1 Å². The summed E-state index contributed by atoms with van der Waals surface area (Å²) >= 11 is 5.89. The van der Waals surface area contributed by atoms with E-state index in [0.717, 1.165) is 16.3 Å². The highest BCUT2D eigenvalue weighted by molar-refractivity contribution is 6.30. The van der Waals surface area contributed by atoms with Crippen molar-refractivity contribution in [3.05, 3.63) is 82.4 Å². The van der Waals surface area contributed by atoms with Crippen molar-refractivity contribution in [1.82, 2.24) is 10.8 Å². The summed E-state index contributed by atoms with van der Waals surface area (Å²) in [6.45, 7) is 1.90. The number of carbonyl (C=O) groups excluding carboxylic acids is 2. The van der Waals surface area contributed by atoms with Crippen LogP contribution in [0.25, 0.3) is 10.8 Å².